The summed E-state index contributed by atoms with van der Waals surface area (Å²) in [4.78, 5) is 22.1. The Kier molecular flexibility index (Phi) is 4.67. The van der Waals surface area contributed by atoms with Gasteiger partial charge in [0.2, 0.25) is 0 Å². The normalized spacial score (nSPS) is 16.6. The maximum Gasteiger partial charge on any atom is 0.409 e. The zero-order valence-corrected chi connectivity index (χ0v) is 15.6. The predicted molar refractivity (Wildman–Crippen MR) is 101 cm³/mol. The maximum absolute atomic E-state index is 11.9. The molecule has 1 amide bonds. The van der Waals surface area contributed by atoms with E-state index in [-0.39, 0.29) is 6.09 Å². The molecule has 0 spiro atoms. The largest absolute Gasteiger partial charge is 0.450 e. The summed E-state index contributed by atoms with van der Waals surface area (Å²) in [6.07, 6.45) is -0.220. The first-order valence-corrected chi connectivity index (χ1v) is 10.1. The first kappa shape index (κ1) is 16.5. The Bertz CT molecular complexity index is 810. The predicted octanol–water partition coefficient (Wildman–Crippen LogP) is 4.07. The average molecular weight is 374 g/mol. The maximum atomic E-state index is 11.9. The number of amidine groups is 1. The molecule has 5 nitrogen and oxygen atoms in total. The lowest BCUT2D eigenvalue weighted by molar-refractivity contribution is 0.0921. The molecule has 4 rings (SSSR count). The number of ether oxygens (including phenoxy) is 1. The number of hydrogen-bond donors (Lipinski definition) is 0. The second-order valence-corrected chi connectivity index (χ2v) is 8.03. The fourth-order valence-corrected chi connectivity index (χ4v) is 5.08. The number of nitrogens with zero attached hydrogens (tertiary/aromatic N) is 3. The van der Waals surface area contributed by atoms with Gasteiger partial charge >= 0.3 is 6.09 Å². The number of amides is 1. The van der Waals surface area contributed by atoms with Crippen LogP contribution in [-0.2, 0) is 4.74 Å². The first-order chi connectivity index (χ1) is 12.3. The van der Waals surface area contributed by atoms with E-state index >= 15 is 0 Å². The lowest BCUT2D eigenvalue weighted by atomic mass is 10.2. The molecule has 2 aliphatic rings. The first-order valence-electron chi connectivity index (χ1n) is 8.36. The van der Waals surface area contributed by atoms with E-state index in [4.69, 9.17) is 9.73 Å². The van der Waals surface area contributed by atoms with Crippen LogP contribution in [0.3, 0.4) is 0 Å². The van der Waals surface area contributed by atoms with Crippen LogP contribution in [0.4, 0.5) is 10.5 Å². The van der Waals surface area contributed by atoms with Gasteiger partial charge in [-0.1, -0.05) is 23.9 Å². The molecule has 2 aliphatic heterocycles. The van der Waals surface area contributed by atoms with Crippen LogP contribution < -0.4 is 0 Å². The summed E-state index contributed by atoms with van der Waals surface area (Å²) in [5.41, 5.74) is 2.20. The quantitative estimate of drug-likeness (QED) is 0.756. The van der Waals surface area contributed by atoms with Crippen molar-refractivity contribution >= 4 is 40.7 Å². The van der Waals surface area contributed by atoms with Crippen LogP contribution in [0.25, 0.3) is 0 Å². The molecule has 1 saturated heterocycles. The zero-order valence-electron chi connectivity index (χ0n) is 14.0. The van der Waals surface area contributed by atoms with Crippen molar-refractivity contribution in [3.63, 3.8) is 0 Å². The molecule has 25 heavy (non-hydrogen) atoms. The molecular formula is C18H19N3O2S2. The van der Waals surface area contributed by atoms with Gasteiger partial charge in [0.05, 0.1) is 16.5 Å². The van der Waals surface area contributed by atoms with E-state index in [1.807, 2.05) is 13.0 Å². The topological polar surface area (TPSA) is 45.1 Å². The fourth-order valence-electron chi connectivity index (χ4n) is 3.01. The van der Waals surface area contributed by atoms with Gasteiger partial charge in [-0.25, -0.2) is 9.79 Å². The standard InChI is InChI=1S/C18H19N3O2S2/c1-2-23-18(22)21-10-8-20(9-11-21)16-13-7-12-24-17(13)25-15-6-4-3-5-14(15)19-16/h3-7,12H,2,8-11H2,1H3. The highest BCUT2D eigenvalue weighted by Crippen LogP contribution is 2.43. The highest BCUT2D eigenvalue weighted by Gasteiger charge is 2.27. The third-order valence-corrected chi connectivity index (χ3v) is 6.49. The van der Waals surface area contributed by atoms with Crippen LogP contribution in [0.15, 0.2) is 49.8 Å². The Morgan fingerprint density at radius 1 is 1.20 bits per heavy atom. The van der Waals surface area contributed by atoms with Gasteiger partial charge in [-0.3, -0.25) is 0 Å². The summed E-state index contributed by atoms with van der Waals surface area (Å²) >= 11 is 3.54. The van der Waals surface area contributed by atoms with Crippen LogP contribution in [0.1, 0.15) is 12.5 Å². The number of piperazine rings is 1. The summed E-state index contributed by atoms with van der Waals surface area (Å²) in [6, 6.07) is 10.4. The van der Waals surface area contributed by atoms with Crippen molar-refractivity contribution in [2.75, 3.05) is 32.8 Å². The van der Waals surface area contributed by atoms with Crippen molar-refractivity contribution < 1.29 is 9.53 Å². The molecule has 1 aromatic heterocycles. The molecule has 0 saturated carbocycles. The Hall–Kier alpha value is -1.99. The Balaban J connectivity index is 1.60. The molecule has 0 unspecified atom stereocenters. The van der Waals surface area contributed by atoms with E-state index in [1.165, 1.54) is 14.7 Å². The molecule has 7 heteroatoms. The minimum Gasteiger partial charge on any atom is -0.450 e. The van der Waals surface area contributed by atoms with Gasteiger partial charge in [-0.15, -0.1) is 11.3 Å². The molecule has 1 aromatic carbocycles. The van der Waals surface area contributed by atoms with Crippen molar-refractivity contribution in [3.8, 4) is 0 Å². The van der Waals surface area contributed by atoms with Crippen LogP contribution >= 0.6 is 23.1 Å². The average Bonchev–Trinajstić information content (AvgIpc) is 3.03. The summed E-state index contributed by atoms with van der Waals surface area (Å²) in [5.74, 6) is 1.01. The zero-order chi connectivity index (χ0) is 17.2. The number of fused-ring (bicyclic) bond motifs is 2. The lowest BCUT2D eigenvalue weighted by Gasteiger charge is -2.35. The highest BCUT2D eigenvalue weighted by atomic mass is 32.2. The van der Waals surface area contributed by atoms with Gasteiger partial charge in [0.15, 0.2) is 0 Å². The molecule has 2 aromatic rings. The highest BCUT2D eigenvalue weighted by molar-refractivity contribution is 8.01. The fraction of sp³-hybridized carbons (Fsp3) is 0.333. The van der Waals surface area contributed by atoms with Crippen LogP contribution in [-0.4, -0.2) is 54.5 Å². The molecule has 130 valence electrons. The van der Waals surface area contributed by atoms with Crippen LogP contribution in [0.5, 0.6) is 0 Å². The lowest BCUT2D eigenvalue weighted by Crippen LogP contribution is -2.50. The number of rotatable bonds is 1. The summed E-state index contributed by atoms with van der Waals surface area (Å²) in [5, 5.41) is 2.12. The number of carbonyl (C=O) groups excluding carboxylic acids is 1. The minimum atomic E-state index is -0.220. The second-order valence-electron chi connectivity index (χ2n) is 5.80. The Morgan fingerprint density at radius 3 is 2.80 bits per heavy atom. The smallest absolute Gasteiger partial charge is 0.409 e. The summed E-state index contributed by atoms with van der Waals surface area (Å²) in [7, 11) is 0. The molecule has 0 bridgehead atoms. The van der Waals surface area contributed by atoms with Crippen molar-refractivity contribution in [2.24, 2.45) is 4.99 Å². The van der Waals surface area contributed by atoms with Gasteiger partial charge < -0.3 is 14.5 Å². The Morgan fingerprint density at radius 2 is 2.00 bits per heavy atom. The van der Waals surface area contributed by atoms with Crippen molar-refractivity contribution in [1.82, 2.24) is 9.80 Å². The number of benzene rings is 1. The molecular weight excluding hydrogens is 354 g/mol. The van der Waals surface area contributed by atoms with Crippen molar-refractivity contribution in [2.45, 2.75) is 16.0 Å². The van der Waals surface area contributed by atoms with Gasteiger partial charge in [-0.05, 0) is 30.5 Å². The van der Waals surface area contributed by atoms with E-state index in [1.54, 1.807) is 28.0 Å². The number of aliphatic imine (C=N–C) groups is 1. The molecule has 0 atom stereocenters. The van der Waals surface area contributed by atoms with Crippen molar-refractivity contribution in [1.29, 1.82) is 0 Å². The molecule has 0 radical (unpaired) electrons. The van der Waals surface area contributed by atoms with Gasteiger partial charge in [0, 0.05) is 36.6 Å². The third-order valence-electron chi connectivity index (χ3n) is 4.27. The monoisotopic (exact) mass is 373 g/mol. The summed E-state index contributed by atoms with van der Waals surface area (Å²) in [6.45, 7) is 5.09. The Labute approximate surface area is 155 Å². The molecule has 0 N–H and O–H groups in total. The van der Waals surface area contributed by atoms with Gasteiger partial charge in [0.1, 0.15) is 5.84 Å². The van der Waals surface area contributed by atoms with E-state index < -0.39 is 0 Å². The minimum absolute atomic E-state index is 0.220. The van der Waals surface area contributed by atoms with Crippen molar-refractivity contribution in [3.05, 3.63) is 41.3 Å². The van der Waals surface area contributed by atoms with Crippen LogP contribution in [0.2, 0.25) is 0 Å². The van der Waals surface area contributed by atoms with Gasteiger partial charge in [-0.2, -0.15) is 0 Å². The molecule has 0 aliphatic carbocycles. The SMILES string of the molecule is CCOC(=O)N1CCN(C2=Nc3ccccc3Sc3sccc32)CC1. The van der Waals surface area contributed by atoms with E-state index in [9.17, 15) is 4.79 Å². The van der Waals surface area contributed by atoms with E-state index in [0.29, 0.717) is 19.7 Å². The van der Waals surface area contributed by atoms with Gasteiger partial charge in [0.25, 0.3) is 0 Å². The number of para-hydroxylation sites is 1. The molecule has 1 fully saturated rings. The van der Waals surface area contributed by atoms with E-state index in [0.717, 1.165) is 24.6 Å². The second kappa shape index (κ2) is 7.09. The molecule has 3 heterocycles. The van der Waals surface area contributed by atoms with E-state index in [2.05, 4.69) is 34.5 Å². The number of thiophene rings is 1. The summed E-state index contributed by atoms with van der Waals surface area (Å²) < 4.78 is 6.38. The number of carbonyl (C=O) groups is 1. The third kappa shape index (κ3) is 3.26. The number of hydrogen-bond acceptors (Lipinski definition) is 6. The van der Waals surface area contributed by atoms with Crippen LogP contribution in [0, 0.1) is 0 Å².